The van der Waals surface area contributed by atoms with Crippen molar-refractivity contribution in [1.29, 1.82) is 0 Å². The maximum absolute atomic E-state index is 6.34. The lowest BCUT2D eigenvalue weighted by Crippen LogP contribution is -2.11. The molecule has 0 aliphatic rings. The van der Waals surface area contributed by atoms with Gasteiger partial charge in [0.05, 0.1) is 12.8 Å². The first-order valence-electron chi connectivity index (χ1n) is 8.34. The molecule has 1 N–H and O–H groups in total. The summed E-state index contributed by atoms with van der Waals surface area (Å²) in [7, 11) is 0. The molecule has 0 atom stereocenters. The molecule has 0 bridgehead atoms. The topological polar surface area (TPSA) is 30.1 Å². The number of para-hydroxylation sites is 1. The quantitative estimate of drug-likeness (QED) is 0.516. The van der Waals surface area contributed by atoms with Gasteiger partial charge < -0.3 is 14.3 Å². The molecule has 0 saturated carbocycles. The number of rotatable bonds is 6. The predicted molar refractivity (Wildman–Crippen MR) is 102 cm³/mol. The van der Waals surface area contributed by atoms with Crippen LogP contribution in [0.5, 0.6) is 0 Å². The summed E-state index contributed by atoms with van der Waals surface area (Å²) in [6.07, 6.45) is 3.91. The Morgan fingerprint density at radius 1 is 0.880 bits per heavy atom. The van der Waals surface area contributed by atoms with Crippen molar-refractivity contribution >= 4 is 22.5 Å². The molecule has 126 valence electrons. The van der Waals surface area contributed by atoms with Crippen LogP contribution < -0.4 is 5.32 Å². The molecule has 25 heavy (non-hydrogen) atoms. The third kappa shape index (κ3) is 3.48. The molecule has 0 saturated heterocycles. The Hall–Kier alpha value is -2.49. The molecule has 2 aromatic heterocycles. The Morgan fingerprint density at radius 3 is 2.56 bits per heavy atom. The van der Waals surface area contributed by atoms with Crippen LogP contribution in [0.1, 0.15) is 16.9 Å². The zero-order valence-corrected chi connectivity index (χ0v) is 14.5. The second-order valence-electron chi connectivity index (χ2n) is 6.07. The average molecular weight is 351 g/mol. The Balaban J connectivity index is 1.59. The largest absolute Gasteiger partial charge is 0.468 e. The minimum absolute atomic E-state index is 0.719. The molecule has 0 amide bonds. The van der Waals surface area contributed by atoms with Gasteiger partial charge in [-0.25, -0.2) is 0 Å². The Labute approximate surface area is 151 Å². The van der Waals surface area contributed by atoms with Gasteiger partial charge >= 0.3 is 0 Å². The normalized spacial score (nSPS) is 11.2. The van der Waals surface area contributed by atoms with Crippen LogP contribution in [0.15, 0.2) is 77.5 Å². The van der Waals surface area contributed by atoms with Gasteiger partial charge in [-0.3, -0.25) is 0 Å². The summed E-state index contributed by atoms with van der Waals surface area (Å²) in [5, 5.41) is 5.52. The molecule has 4 aromatic rings. The zero-order valence-electron chi connectivity index (χ0n) is 13.8. The average Bonchev–Trinajstić information content (AvgIpc) is 3.26. The lowest BCUT2D eigenvalue weighted by atomic mass is 10.2. The van der Waals surface area contributed by atoms with E-state index in [2.05, 4.69) is 46.4 Å². The molecule has 4 rings (SSSR count). The van der Waals surface area contributed by atoms with Crippen molar-refractivity contribution in [2.45, 2.75) is 19.6 Å². The van der Waals surface area contributed by atoms with E-state index in [1.807, 2.05) is 30.3 Å². The van der Waals surface area contributed by atoms with E-state index in [0.29, 0.717) is 0 Å². The van der Waals surface area contributed by atoms with Gasteiger partial charge in [0.1, 0.15) is 5.76 Å². The van der Waals surface area contributed by atoms with Gasteiger partial charge in [-0.2, -0.15) is 0 Å². The van der Waals surface area contributed by atoms with Crippen molar-refractivity contribution < 1.29 is 4.42 Å². The minimum Gasteiger partial charge on any atom is -0.468 e. The summed E-state index contributed by atoms with van der Waals surface area (Å²) >= 11 is 6.34. The molecule has 2 heterocycles. The van der Waals surface area contributed by atoms with Crippen molar-refractivity contribution in [2.24, 2.45) is 0 Å². The van der Waals surface area contributed by atoms with Crippen LogP contribution in [0.3, 0.4) is 0 Å². The van der Waals surface area contributed by atoms with Crippen molar-refractivity contribution in [3.8, 4) is 0 Å². The maximum Gasteiger partial charge on any atom is 0.117 e. The second kappa shape index (κ2) is 7.18. The van der Waals surface area contributed by atoms with Gasteiger partial charge in [0.2, 0.25) is 0 Å². The van der Waals surface area contributed by atoms with Gasteiger partial charge in [-0.05, 0) is 35.4 Å². The van der Waals surface area contributed by atoms with E-state index in [0.717, 1.165) is 36.0 Å². The minimum atomic E-state index is 0.719. The molecule has 0 radical (unpaired) electrons. The van der Waals surface area contributed by atoms with E-state index in [1.54, 1.807) is 6.26 Å². The number of fused-ring (bicyclic) bond motifs is 1. The van der Waals surface area contributed by atoms with Gasteiger partial charge in [0, 0.05) is 35.2 Å². The molecule has 0 aliphatic carbocycles. The third-order valence-corrected chi connectivity index (χ3v) is 4.73. The molecule has 0 spiro atoms. The van der Waals surface area contributed by atoms with E-state index in [9.17, 15) is 0 Å². The summed E-state index contributed by atoms with van der Waals surface area (Å²) in [5.41, 5.74) is 3.62. The van der Waals surface area contributed by atoms with Crippen molar-refractivity contribution in [1.82, 2.24) is 9.88 Å². The summed E-state index contributed by atoms with van der Waals surface area (Å²) in [6, 6.07) is 20.4. The number of hydrogen-bond acceptors (Lipinski definition) is 2. The number of aromatic nitrogens is 1. The van der Waals surface area contributed by atoms with Gasteiger partial charge in [0.15, 0.2) is 0 Å². The lowest BCUT2D eigenvalue weighted by molar-refractivity contribution is 0.483. The third-order valence-electron chi connectivity index (χ3n) is 4.36. The van der Waals surface area contributed by atoms with Crippen LogP contribution in [0.25, 0.3) is 10.9 Å². The maximum atomic E-state index is 6.34. The van der Waals surface area contributed by atoms with E-state index in [1.165, 1.54) is 16.5 Å². The van der Waals surface area contributed by atoms with Crippen LogP contribution in [0.2, 0.25) is 5.02 Å². The molecular formula is C21H19ClN2O. The number of halogens is 1. The summed E-state index contributed by atoms with van der Waals surface area (Å²) < 4.78 is 7.64. The molecule has 2 aromatic carbocycles. The summed E-state index contributed by atoms with van der Waals surface area (Å²) in [5.74, 6) is 0.944. The first kappa shape index (κ1) is 16.0. The van der Waals surface area contributed by atoms with Gasteiger partial charge in [-0.15, -0.1) is 0 Å². The summed E-state index contributed by atoms with van der Waals surface area (Å²) in [6.45, 7) is 2.27. The van der Waals surface area contributed by atoms with Crippen molar-refractivity contribution in [3.63, 3.8) is 0 Å². The van der Waals surface area contributed by atoms with Crippen LogP contribution in [-0.2, 0) is 19.6 Å². The van der Waals surface area contributed by atoms with Crippen molar-refractivity contribution in [2.75, 3.05) is 0 Å². The Morgan fingerprint density at radius 2 is 1.72 bits per heavy atom. The number of nitrogens with one attached hydrogen (secondary N) is 1. The Kier molecular flexibility index (Phi) is 4.59. The molecule has 0 unspecified atom stereocenters. The summed E-state index contributed by atoms with van der Waals surface area (Å²) in [4.78, 5) is 0. The van der Waals surface area contributed by atoms with Crippen molar-refractivity contribution in [3.05, 3.63) is 95.0 Å². The van der Waals surface area contributed by atoms with Crippen LogP contribution in [0, 0.1) is 0 Å². The van der Waals surface area contributed by atoms with E-state index in [-0.39, 0.29) is 0 Å². The fraction of sp³-hybridized carbons (Fsp3) is 0.143. The highest BCUT2D eigenvalue weighted by molar-refractivity contribution is 6.31. The number of furan rings is 1. The SMILES string of the molecule is Clc1ccccc1Cn1cc(CNCc2ccco2)c2ccccc21. The van der Waals surface area contributed by atoms with E-state index < -0.39 is 0 Å². The number of benzene rings is 2. The monoisotopic (exact) mass is 350 g/mol. The predicted octanol–water partition coefficient (Wildman–Crippen LogP) is 5.23. The number of nitrogens with zero attached hydrogens (tertiary/aromatic N) is 1. The first-order chi connectivity index (χ1) is 12.3. The highest BCUT2D eigenvalue weighted by atomic mass is 35.5. The number of hydrogen-bond donors (Lipinski definition) is 1. The Bertz CT molecular complexity index is 973. The molecule has 0 fully saturated rings. The van der Waals surface area contributed by atoms with Gasteiger partial charge in [-0.1, -0.05) is 48.0 Å². The van der Waals surface area contributed by atoms with E-state index >= 15 is 0 Å². The molecule has 0 aliphatic heterocycles. The standard InChI is InChI=1S/C21H19ClN2O/c22-20-9-3-1-6-16(20)14-24-15-17(19-8-2-4-10-21(19)24)12-23-13-18-7-5-11-25-18/h1-11,15,23H,12-14H2. The lowest BCUT2D eigenvalue weighted by Gasteiger charge is -2.07. The van der Waals surface area contributed by atoms with Gasteiger partial charge in [0.25, 0.3) is 0 Å². The molecule has 3 nitrogen and oxygen atoms in total. The second-order valence-corrected chi connectivity index (χ2v) is 6.48. The zero-order chi connectivity index (χ0) is 17.1. The van der Waals surface area contributed by atoms with E-state index in [4.69, 9.17) is 16.0 Å². The smallest absolute Gasteiger partial charge is 0.117 e. The molecule has 4 heteroatoms. The van der Waals surface area contributed by atoms with Crippen LogP contribution in [0.4, 0.5) is 0 Å². The first-order valence-corrected chi connectivity index (χ1v) is 8.72. The van der Waals surface area contributed by atoms with Crippen LogP contribution in [-0.4, -0.2) is 4.57 Å². The highest BCUT2D eigenvalue weighted by Gasteiger charge is 2.09. The highest BCUT2D eigenvalue weighted by Crippen LogP contribution is 2.24. The molecular weight excluding hydrogens is 332 g/mol. The fourth-order valence-corrected chi connectivity index (χ4v) is 3.33. The fourth-order valence-electron chi connectivity index (χ4n) is 3.14. The van der Waals surface area contributed by atoms with Crippen LogP contribution >= 0.6 is 11.6 Å².